The summed E-state index contributed by atoms with van der Waals surface area (Å²) in [5.74, 6) is -11.7. The predicted molar refractivity (Wildman–Crippen MR) is 68.3 cm³/mol. The number of nitrogens with one attached hydrogen (secondary N) is 1. The van der Waals surface area contributed by atoms with Crippen LogP contribution in [-0.2, 0) is 0 Å². The molecule has 1 N–H and O–H groups in total. The molecule has 0 fully saturated rings. The molecule has 0 bridgehead atoms. The fourth-order valence-electron chi connectivity index (χ4n) is 1.50. The van der Waals surface area contributed by atoms with Crippen LogP contribution < -0.4 is 5.32 Å². The third-order valence-corrected chi connectivity index (χ3v) is 3.08. The minimum atomic E-state index is -2.29. The van der Waals surface area contributed by atoms with E-state index in [1.54, 1.807) is 5.32 Å². The van der Waals surface area contributed by atoms with Crippen molar-refractivity contribution in [2.45, 2.75) is 0 Å². The second kappa shape index (κ2) is 5.80. The molecule has 2 rings (SSSR count). The van der Waals surface area contributed by atoms with Gasteiger partial charge >= 0.3 is 0 Å². The maximum Gasteiger partial charge on any atom is 0.255 e. The fraction of sp³-hybridized carbons (Fsp3) is 0. The van der Waals surface area contributed by atoms with E-state index in [9.17, 15) is 26.7 Å². The van der Waals surface area contributed by atoms with E-state index in [-0.39, 0.29) is 5.56 Å². The van der Waals surface area contributed by atoms with Crippen LogP contribution in [-0.4, -0.2) is 5.91 Å². The molecule has 110 valence electrons. The third kappa shape index (κ3) is 2.90. The lowest BCUT2D eigenvalue weighted by Crippen LogP contribution is -2.16. The van der Waals surface area contributed by atoms with Gasteiger partial charge in [0.05, 0.1) is 0 Å². The van der Waals surface area contributed by atoms with E-state index in [0.717, 1.165) is 0 Å². The van der Waals surface area contributed by atoms with E-state index in [1.807, 2.05) is 0 Å². The summed E-state index contributed by atoms with van der Waals surface area (Å²) >= 11 is 3.12. The van der Waals surface area contributed by atoms with Gasteiger partial charge in [-0.2, -0.15) is 0 Å². The highest BCUT2D eigenvalue weighted by Crippen LogP contribution is 2.27. The number of carbonyl (C=O) groups excluding carboxylic acids is 1. The average molecular weight is 366 g/mol. The van der Waals surface area contributed by atoms with E-state index < -0.39 is 40.7 Å². The summed E-state index contributed by atoms with van der Waals surface area (Å²) in [5, 5.41) is 1.67. The third-order valence-electron chi connectivity index (χ3n) is 2.55. The van der Waals surface area contributed by atoms with Crippen LogP contribution in [0.25, 0.3) is 0 Å². The molecule has 21 heavy (non-hydrogen) atoms. The number of hydrogen-bond donors (Lipinski definition) is 1. The average Bonchev–Trinajstić information content (AvgIpc) is 2.48. The molecule has 0 aromatic heterocycles. The topological polar surface area (TPSA) is 29.1 Å². The van der Waals surface area contributed by atoms with Crippen LogP contribution in [0.2, 0.25) is 0 Å². The van der Waals surface area contributed by atoms with Crippen molar-refractivity contribution in [2.75, 3.05) is 5.32 Å². The van der Waals surface area contributed by atoms with Crippen molar-refractivity contribution < 1.29 is 26.7 Å². The van der Waals surface area contributed by atoms with E-state index in [1.165, 1.54) is 24.3 Å². The maximum absolute atomic E-state index is 13.4. The molecule has 0 saturated carbocycles. The number of anilines is 1. The molecule has 8 heteroatoms. The Labute approximate surface area is 123 Å². The first-order valence-electron chi connectivity index (χ1n) is 5.41. The molecule has 0 atom stereocenters. The quantitative estimate of drug-likeness (QED) is 0.477. The Morgan fingerprint density at radius 2 is 1.24 bits per heavy atom. The number of halogens is 6. The zero-order valence-electron chi connectivity index (χ0n) is 9.99. The molecule has 0 aliphatic heterocycles. The zero-order valence-corrected chi connectivity index (χ0v) is 11.6. The molecule has 2 aromatic rings. The van der Waals surface area contributed by atoms with Gasteiger partial charge in [0.2, 0.25) is 5.82 Å². The number of amides is 1. The van der Waals surface area contributed by atoms with Crippen LogP contribution in [0.1, 0.15) is 10.4 Å². The summed E-state index contributed by atoms with van der Waals surface area (Å²) in [5.41, 5.74) is -1.40. The molecule has 0 aliphatic rings. The predicted octanol–water partition coefficient (Wildman–Crippen LogP) is 4.40. The van der Waals surface area contributed by atoms with E-state index >= 15 is 0 Å². The molecule has 0 aliphatic carbocycles. The van der Waals surface area contributed by atoms with Gasteiger partial charge in [0.1, 0.15) is 5.69 Å². The van der Waals surface area contributed by atoms with Gasteiger partial charge in [-0.1, -0.05) is 15.9 Å². The van der Waals surface area contributed by atoms with Crippen molar-refractivity contribution in [1.29, 1.82) is 0 Å². The monoisotopic (exact) mass is 365 g/mol. The number of rotatable bonds is 2. The SMILES string of the molecule is O=C(Nc1c(F)c(F)c(F)c(F)c1F)c1ccc(Br)cc1. The number of hydrogen-bond acceptors (Lipinski definition) is 1. The summed E-state index contributed by atoms with van der Waals surface area (Å²) in [7, 11) is 0. The second-order valence-electron chi connectivity index (χ2n) is 3.91. The minimum absolute atomic E-state index is 0.0119. The van der Waals surface area contributed by atoms with Crippen molar-refractivity contribution in [1.82, 2.24) is 0 Å². The molecule has 0 radical (unpaired) electrons. The highest BCUT2D eigenvalue weighted by atomic mass is 79.9. The van der Waals surface area contributed by atoms with Gasteiger partial charge in [-0.25, -0.2) is 22.0 Å². The fourth-order valence-corrected chi connectivity index (χ4v) is 1.77. The van der Waals surface area contributed by atoms with Gasteiger partial charge in [0.15, 0.2) is 23.3 Å². The van der Waals surface area contributed by atoms with E-state index in [4.69, 9.17) is 0 Å². The normalized spacial score (nSPS) is 10.6. The molecule has 2 aromatic carbocycles. The first-order chi connectivity index (χ1) is 9.82. The second-order valence-corrected chi connectivity index (χ2v) is 4.82. The first kappa shape index (κ1) is 15.4. The smallest absolute Gasteiger partial charge is 0.255 e. The summed E-state index contributed by atoms with van der Waals surface area (Å²) in [6, 6.07) is 5.58. The molecule has 0 heterocycles. The molecular formula is C13H5BrF5NO. The Morgan fingerprint density at radius 1 is 0.810 bits per heavy atom. The number of carbonyl (C=O) groups is 1. The summed E-state index contributed by atoms with van der Waals surface area (Å²) in [4.78, 5) is 11.7. The van der Waals surface area contributed by atoms with Crippen LogP contribution in [0.15, 0.2) is 28.7 Å². The highest BCUT2D eigenvalue weighted by Gasteiger charge is 2.27. The van der Waals surface area contributed by atoms with E-state index in [2.05, 4.69) is 15.9 Å². The van der Waals surface area contributed by atoms with Crippen molar-refractivity contribution >= 4 is 27.5 Å². The summed E-state index contributed by atoms with van der Waals surface area (Å²) < 4.78 is 66.3. The molecule has 0 unspecified atom stereocenters. The first-order valence-corrected chi connectivity index (χ1v) is 6.20. The van der Waals surface area contributed by atoms with Crippen LogP contribution in [0.3, 0.4) is 0 Å². The molecule has 1 amide bonds. The van der Waals surface area contributed by atoms with Crippen LogP contribution in [0.4, 0.5) is 27.6 Å². The maximum atomic E-state index is 13.4. The molecule has 2 nitrogen and oxygen atoms in total. The Balaban J connectivity index is 2.40. The molecular weight excluding hydrogens is 361 g/mol. The Morgan fingerprint density at radius 3 is 1.71 bits per heavy atom. The van der Waals surface area contributed by atoms with Gasteiger partial charge in [-0.15, -0.1) is 0 Å². The highest BCUT2D eigenvalue weighted by molar-refractivity contribution is 9.10. The van der Waals surface area contributed by atoms with Crippen molar-refractivity contribution in [2.24, 2.45) is 0 Å². The lowest BCUT2D eigenvalue weighted by molar-refractivity contribution is 0.102. The van der Waals surface area contributed by atoms with Crippen LogP contribution >= 0.6 is 15.9 Å². The summed E-state index contributed by atoms with van der Waals surface area (Å²) in [6.07, 6.45) is 0. The largest absolute Gasteiger partial charge is 0.317 e. The minimum Gasteiger partial charge on any atom is -0.317 e. The van der Waals surface area contributed by atoms with Crippen LogP contribution in [0, 0.1) is 29.1 Å². The molecule has 0 spiro atoms. The Bertz CT molecular complexity index is 688. The lowest BCUT2D eigenvalue weighted by atomic mass is 10.2. The standard InChI is InChI=1S/C13H5BrF5NO/c14-6-3-1-5(2-4-6)13(21)20-12-10(18)8(16)7(15)9(17)11(12)19/h1-4H,(H,20,21). The molecule has 0 saturated heterocycles. The van der Waals surface area contributed by atoms with Gasteiger partial charge < -0.3 is 5.32 Å². The summed E-state index contributed by atoms with van der Waals surface area (Å²) in [6.45, 7) is 0. The van der Waals surface area contributed by atoms with E-state index in [0.29, 0.717) is 4.47 Å². The van der Waals surface area contributed by atoms with Crippen molar-refractivity contribution in [3.63, 3.8) is 0 Å². The number of benzene rings is 2. The lowest BCUT2D eigenvalue weighted by Gasteiger charge is -2.09. The van der Waals surface area contributed by atoms with Crippen molar-refractivity contribution in [3.8, 4) is 0 Å². The van der Waals surface area contributed by atoms with Gasteiger partial charge in [0.25, 0.3) is 5.91 Å². The van der Waals surface area contributed by atoms with Gasteiger partial charge in [-0.3, -0.25) is 4.79 Å². The van der Waals surface area contributed by atoms with Crippen molar-refractivity contribution in [3.05, 3.63) is 63.4 Å². The zero-order chi connectivity index (χ0) is 15.7. The Kier molecular flexibility index (Phi) is 4.26. The van der Waals surface area contributed by atoms with Gasteiger partial charge in [0, 0.05) is 10.0 Å². The Hall–Kier alpha value is -1.96. The van der Waals surface area contributed by atoms with Crippen LogP contribution in [0.5, 0.6) is 0 Å². The van der Waals surface area contributed by atoms with Gasteiger partial charge in [-0.05, 0) is 24.3 Å².